The first kappa shape index (κ1) is 16.2. The van der Waals surface area contributed by atoms with Crippen molar-refractivity contribution in [2.75, 3.05) is 6.54 Å². The Hall–Kier alpha value is -0.830. The molecule has 17 heavy (non-hydrogen) atoms. The summed E-state index contributed by atoms with van der Waals surface area (Å²) in [4.78, 5) is 10.6. The maximum Gasteiger partial charge on any atom is 0.330 e. The van der Waals surface area contributed by atoms with Gasteiger partial charge in [-0.2, -0.15) is 0 Å². The number of carboxylic acid groups (broad SMARTS) is 1. The second-order valence-corrected chi connectivity index (χ2v) is 6.53. The highest BCUT2D eigenvalue weighted by Gasteiger charge is 2.24. The molecule has 0 amide bonds. The second kappa shape index (κ2) is 6.20. The van der Waals surface area contributed by atoms with Crippen LogP contribution in [0.15, 0.2) is 11.6 Å². The molecule has 0 aliphatic heterocycles. The number of rotatable bonds is 6. The molecule has 0 atom stereocenters. The van der Waals surface area contributed by atoms with Gasteiger partial charge in [-0.25, -0.2) is 4.79 Å². The minimum atomic E-state index is -0.834. The summed E-state index contributed by atoms with van der Waals surface area (Å²) in [7, 11) is 0. The number of nitrogens with one attached hydrogen (secondary N) is 1. The fourth-order valence-corrected chi connectivity index (χ4v) is 2.17. The van der Waals surface area contributed by atoms with Gasteiger partial charge in [-0.15, -0.1) is 0 Å². The summed E-state index contributed by atoms with van der Waals surface area (Å²) >= 11 is 0. The highest BCUT2D eigenvalue weighted by molar-refractivity contribution is 5.85. The van der Waals surface area contributed by atoms with Crippen molar-refractivity contribution in [3.8, 4) is 0 Å². The van der Waals surface area contributed by atoms with Gasteiger partial charge in [0.2, 0.25) is 0 Å². The van der Waals surface area contributed by atoms with Crippen LogP contribution in [0.3, 0.4) is 0 Å². The van der Waals surface area contributed by atoms with Crippen LogP contribution in [0.5, 0.6) is 0 Å². The largest absolute Gasteiger partial charge is 0.478 e. The molecule has 0 spiro atoms. The molecule has 2 N–H and O–H groups in total. The van der Waals surface area contributed by atoms with Crippen molar-refractivity contribution < 1.29 is 9.90 Å². The van der Waals surface area contributed by atoms with E-state index in [9.17, 15) is 4.79 Å². The predicted molar refractivity (Wildman–Crippen MR) is 72.2 cm³/mol. The summed E-state index contributed by atoms with van der Waals surface area (Å²) in [5, 5.41) is 12.2. The molecule has 0 aromatic heterocycles. The summed E-state index contributed by atoms with van der Waals surface area (Å²) in [5.41, 5.74) is 0.799. The number of carboxylic acids is 1. The van der Waals surface area contributed by atoms with Crippen molar-refractivity contribution in [2.45, 2.75) is 59.9 Å². The van der Waals surface area contributed by atoms with Gasteiger partial charge in [0.25, 0.3) is 0 Å². The zero-order chi connectivity index (χ0) is 13.7. The van der Waals surface area contributed by atoms with Crippen molar-refractivity contribution in [2.24, 2.45) is 5.41 Å². The molecule has 3 heteroatoms. The molecule has 0 fully saturated rings. The van der Waals surface area contributed by atoms with Gasteiger partial charge in [0, 0.05) is 11.1 Å². The summed E-state index contributed by atoms with van der Waals surface area (Å²) in [5.74, 6) is -0.834. The first-order chi connectivity index (χ1) is 7.53. The van der Waals surface area contributed by atoms with Crippen LogP contribution in [-0.2, 0) is 4.79 Å². The molecule has 0 aliphatic rings. The van der Waals surface area contributed by atoms with Gasteiger partial charge in [-0.1, -0.05) is 26.8 Å². The fourth-order valence-electron chi connectivity index (χ4n) is 2.17. The van der Waals surface area contributed by atoms with Gasteiger partial charge in [0.15, 0.2) is 0 Å². The summed E-state index contributed by atoms with van der Waals surface area (Å²) < 4.78 is 0. The third-order valence-electron chi connectivity index (χ3n) is 2.51. The number of aliphatic carboxylic acids is 1. The van der Waals surface area contributed by atoms with Gasteiger partial charge < -0.3 is 10.4 Å². The van der Waals surface area contributed by atoms with Crippen LogP contribution in [0.25, 0.3) is 0 Å². The lowest BCUT2D eigenvalue weighted by molar-refractivity contribution is -0.132. The molecular weight excluding hydrogens is 214 g/mol. The van der Waals surface area contributed by atoms with Crippen LogP contribution in [-0.4, -0.2) is 23.2 Å². The SMILES string of the molecule is CC(=CCCNC(C)(C)CC(C)(C)C)C(=O)O. The maximum atomic E-state index is 10.6. The lowest BCUT2D eigenvalue weighted by Gasteiger charge is -2.33. The van der Waals surface area contributed by atoms with Crippen LogP contribution >= 0.6 is 0 Å². The van der Waals surface area contributed by atoms with E-state index in [2.05, 4.69) is 39.9 Å². The molecule has 0 saturated carbocycles. The molecule has 0 bridgehead atoms. The Bertz CT molecular complexity index is 285. The lowest BCUT2D eigenvalue weighted by atomic mass is 9.82. The molecule has 100 valence electrons. The molecule has 3 nitrogen and oxygen atoms in total. The molecule has 0 unspecified atom stereocenters. The molecular formula is C14H27NO2. The van der Waals surface area contributed by atoms with Crippen molar-refractivity contribution in [1.29, 1.82) is 0 Å². The Morgan fingerprint density at radius 1 is 1.24 bits per heavy atom. The average Bonchev–Trinajstić information content (AvgIpc) is 2.07. The van der Waals surface area contributed by atoms with Gasteiger partial charge in [0.1, 0.15) is 0 Å². The Morgan fingerprint density at radius 3 is 2.18 bits per heavy atom. The predicted octanol–water partition coefficient (Wildman–Crippen LogP) is 3.21. The first-order valence-electron chi connectivity index (χ1n) is 6.19. The molecule has 0 rings (SSSR count). The summed E-state index contributed by atoms with van der Waals surface area (Å²) in [6, 6.07) is 0. The minimum Gasteiger partial charge on any atom is -0.478 e. The standard InChI is InChI=1S/C14H27NO2/c1-11(12(16)17)8-7-9-15-14(5,6)10-13(2,3)4/h8,15H,7,9-10H2,1-6H3,(H,16,17). The molecule has 0 saturated heterocycles. The van der Waals surface area contributed by atoms with E-state index in [1.165, 1.54) is 0 Å². The van der Waals surface area contributed by atoms with E-state index in [0.717, 1.165) is 19.4 Å². The van der Waals surface area contributed by atoms with Crippen molar-refractivity contribution in [3.05, 3.63) is 11.6 Å². The number of hydrogen-bond donors (Lipinski definition) is 2. The second-order valence-electron chi connectivity index (χ2n) is 6.53. The lowest BCUT2D eigenvalue weighted by Crippen LogP contribution is -2.42. The van der Waals surface area contributed by atoms with E-state index in [-0.39, 0.29) is 5.54 Å². The van der Waals surface area contributed by atoms with Gasteiger partial charge in [-0.3, -0.25) is 0 Å². The van der Waals surface area contributed by atoms with E-state index in [4.69, 9.17) is 5.11 Å². The molecule has 0 radical (unpaired) electrons. The molecule has 0 aromatic rings. The Labute approximate surface area is 105 Å². The van der Waals surface area contributed by atoms with Crippen LogP contribution < -0.4 is 5.32 Å². The fraction of sp³-hybridized carbons (Fsp3) is 0.786. The minimum absolute atomic E-state index is 0.0865. The summed E-state index contributed by atoms with van der Waals surface area (Å²) in [6.07, 6.45) is 3.61. The number of hydrogen-bond acceptors (Lipinski definition) is 2. The average molecular weight is 241 g/mol. The zero-order valence-corrected chi connectivity index (χ0v) is 12.1. The summed E-state index contributed by atoms with van der Waals surface area (Å²) in [6.45, 7) is 13.5. The molecule has 0 aromatic carbocycles. The molecule has 0 heterocycles. The van der Waals surface area contributed by atoms with Gasteiger partial charge >= 0.3 is 5.97 Å². The van der Waals surface area contributed by atoms with Crippen LogP contribution in [0, 0.1) is 5.41 Å². The van der Waals surface area contributed by atoms with Crippen LogP contribution in [0.4, 0.5) is 0 Å². The van der Waals surface area contributed by atoms with Crippen molar-refractivity contribution in [1.82, 2.24) is 5.32 Å². The smallest absolute Gasteiger partial charge is 0.330 e. The van der Waals surface area contributed by atoms with Crippen molar-refractivity contribution in [3.63, 3.8) is 0 Å². The Balaban J connectivity index is 4.04. The van der Waals surface area contributed by atoms with Crippen LogP contribution in [0.1, 0.15) is 54.4 Å². The normalized spacial score (nSPS) is 13.9. The monoisotopic (exact) mass is 241 g/mol. The van der Waals surface area contributed by atoms with E-state index in [1.807, 2.05) is 0 Å². The van der Waals surface area contributed by atoms with Crippen molar-refractivity contribution >= 4 is 5.97 Å². The Morgan fingerprint density at radius 2 is 1.76 bits per heavy atom. The van der Waals surface area contributed by atoms with Gasteiger partial charge in [0.05, 0.1) is 0 Å². The van der Waals surface area contributed by atoms with E-state index in [1.54, 1.807) is 13.0 Å². The van der Waals surface area contributed by atoms with E-state index in [0.29, 0.717) is 11.0 Å². The van der Waals surface area contributed by atoms with Crippen LogP contribution in [0.2, 0.25) is 0 Å². The first-order valence-corrected chi connectivity index (χ1v) is 6.19. The topological polar surface area (TPSA) is 49.3 Å². The molecule has 0 aliphatic carbocycles. The highest BCUT2D eigenvalue weighted by atomic mass is 16.4. The Kier molecular flexibility index (Phi) is 5.89. The van der Waals surface area contributed by atoms with E-state index >= 15 is 0 Å². The third-order valence-corrected chi connectivity index (χ3v) is 2.51. The van der Waals surface area contributed by atoms with E-state index < -0.39 is 5.97 Å². The number of carbonyl (C=O) groups is 1. The zero-order valence-electron chi connectivity index (χ0n) is 12.1. The quantitative estimate of drug-likeness (QED) is 0.554. The maximum absolute atomic E-state index is 10.6. The highest BCUT2D eigenvalue weighted by Crippen LogP contribution is 2.26. The third kappa shape index (κ3) is 8.93. The van der Waals surface area contributed by atoms with Gasteiger partial charge in [-0.05, 0) is 45.6 Å².